The fourth-order valence-corrected chi connectivity index (χ4v) is 2.65. The molecule has 0 amide bonds. The maximum Gasteiger partial charge on any atom is 0.123 e. The number of anilines is 1. The summed E-state index contributed by atoms with van der Waals surface area (Å²) in [5, 5.41) is 34.1. The quantitative estimate of drug-likeness (QED) is 0.445. The Labute approximate surface area is 137 Å². The number of aliphatic hydroxyl groups is 3. The Kier molecular flexibility index (Phi) is 6.98. The molecule has 0 radical (unpaired) electrons. The van der Waals surface area contributed by atoms with Gasteiger partial charge in [-0.1, -0.05) is 24.6 Å². The number of hydrogen-bond acceptors (Lipinski definition) is 6. The molecule has 3 atom stereocenters. The van der Waals surface area contributed by atoms with Gasteiger partial charge in [-0.3, -0.25) is 10.3 Å². The van der Waals surface area contributed by atoms with Crippen LogP contribution in [0.3, 0.4) is 0 Å². The highest BCUT2D eigenvalue weighted by molar-refractivity contribution is 5.91. The normalized spacial score (nSPS) is 20.8. The zero-order chi connectivity index (χ0) is 16.7. The van der Waals surface area contributed by atoms with Crippen molar-refractivity contribution in [2.24, 2.45) is 5.10 Å². The van der Waals surface area contributed by atoms with E-state index in [2.05, 4.69) is 15.4 Å². The summed E-state index contributed by atoms with van der Waals surface area (Å²) in [6.07, 6.45) is 0.0185. The van der Waals surface area contributed by atoms with E-state index in [4.69, 9.17) is 0 Å². The largest absolute Gasteiger partial charge is 0.391 e. The minimum atomic E-state index is -1.25. The summed E-state index contributed by atoms with van der Waals surface area (Å²) in [5.41, 5.74) is 4.16. The molecule has 1 aliphatic rings. The van der Waals surface area contributed by atoms with E-state index in [0.717, 1.165) is 31.6 Å². The topological polar surface area (TPSA) is 88.3 Å². The average Bonchev–Trinajstić information content (AvgIpc) is 2.59. The summed E-state index contributed by atoms with van der Waals surface area (Å²) >= 11 is 0. The standard InChI is InChI=1S/C17H27N3O3/c1-13(21)16(22)17(23)15(12-20-10-6-3-7-11-20)19-18-14-8-4-2-5-9-14/h2,4-5,8-9,13,16-18,21-23H,3,6-7,10-12H2,1H3. The van der Waals surface area contributed by atoms with E-state index in [1.807, 2.05) is 30.3 Å². The van der Waals surface area contributed by atoms with Crippen LogP contribution in [-0.4, -0.2) is 63.9 Å². The van der Waals surface area contributed by atoms with E-state index in [1.165, 1.54) is 13.3 Å². The minimum Gasteiger partial charge on any atom is -0.391 e. The molecule has 23 heavy (non-hydrogen) atoms. The SMILES string of the molecule is CC(O)C(O)C(O)C(CN1CCCCC1)=NNc1ccccc1. The zero-order valence-electron chi connectivity index (χ0n) is 13.6. The number of likely N-dealkylation sites (tertiary alicyclic amines) is 1. The monoisotopic (exact) mass is 321 g/mol. The Morgan fingerprint density at radius 2 is 1.78 bits per heavy atom. The van der Waals surface area contributed by atoms with Gasteiger partial charge in [-0.15, -0.1) is 0 Å². The second-order valence-electron chi connectivity index (χ2n) is 6.09. The summed E-state index contributed by atoms with van der Waals surface area (Å²) in [6.45, 7) is 3.85. The van der Waals surface area contributed by atoms with Crippen molar-refractivity contribution >= 4 is 11.4 Å². The third-order valence-electron chi connectivity index (χ3n) is 4.10. The van der Waals surface area contributed by atoms with Gasteiger partial charge in [0.05, 0.1) is 17.5 Å². The maximum atomic E-state index is 10.3. The summed E-state index contributed by atoms with van der Waals surface area (Å²) < 4.78 is 0. The molecule has 0 spiro atoms. The Bertz CT molecular complexity index is 487. The minimum absolute atomic E-state index is 0.434. The lowest BCUT2D eigenvalue weighted by atomic mass is 10.0. The maximum absolute atomic E-state index is 10.3. The van der Waals surface area contributed by atoms with Crippen LogP contribution in [0, 0.1) is 0 Å². The van der Waals surface area contributed by atoms with Crippen molar-refractivity contribution < 1.29 is 15.3 Å². The van der Waals surface area contributed by atoms with Gasteiger partial charge in [0, 0.05) is 6.54 Å². The van der Waals surface area contributed by atoms with Gasteiger partial charge in [0.15, 0.2) is 0 Å². The molecule has 0 aromatic heterocycles. The fourth-order valence-electron chi connectivity index (χ4n) is 2.65. The third-order valence-corrected chi connectivity index (χ3v) is 4.10. The molecular formula is C17H27N3O3. The van der Waals surface area contributed by atoms with Gasteiger partial charge in [-0.25, -0.2) is 0 Å². The predicted molar refractivity (Wildman–Crippen MR) is 91.5 cm³/mol. The van der Waals surface area contributed by atoms with E-state index in [1.54, 1.807) is 0 Å². The van der Waals surface area contributed by atoms with Gasteiger partial charge in [-0.05, 0) is 45.0 Å². The summed E-state index contributed by atoms with van der Waals surface area (Å²) in [7, 11) is 0. The second-order valence-corrected chi connectivity index (χ2v) is 6.09. The van der Waals surface area contributed by atoms with Gasteiger partial charge in [0.2, 0.25) is 0 Å². The van der Waals surface area contributed by atoms with Crippen molar-refractivity contribution in [2.45, 2.75) is 44.5 Å². The van der Waals surface area contributed by atoms with E-state index in [9.17, 15) is 15.3 Å². The number of piperidine rings is 1. The second kappa shape index (κ2) is 8.98. The molecule has 2 rings (SSSR count). The number of para-hydroxylation sites is 1. The first-order chi connectivity index (χ1) is 11.1. The van der Waals surface area contributed by atoms with E-state index >= 15 is 0 Å². The number of nitrogens with one attached hydrogen (secondary N) is 1. The van der Waals surface area contributed by atoms with E-state index < -0.39 is 18.3 Å². The van der Waals surface area contributed by atoms with Gasteiger partial charge >= 0.3 is 0 Å². The molecule has 0 bridgehead atoms. The Balaban J connectivity index is 2.09. The van der Waals surface area contributed by atoms with E-state index in [-0.39, 0.29) is 0 Å². The van der Waals surface area contributed by atoms with Gasteiger partial charge in [0.1, 0.15) is 12.2 Å². The van der Waals surface area contributed by atoms with Gasteiger partial charge in [0.25, 0.3) is 0 Å². The predicted octanol–water partition coefficient (Wildman–Crippen LogP) is 1.04. The Hall–Kier alpha value is -1.47. The highest BCUT2D eigenvalue weighted by Crippen LogP contribution is 2.12. The molecule has 6 nitrogen and oxygen atoms in total. The average molecular weight is 321 g/mol. The van der Waals surface area contributed by atoms with E-state index in [0.29, 0.717) is 12.3 Å². The number of hydrogen-bond donors (Lipinski definition) is 4. The van der Waals surface area contributed by atoms with Crippen molar-refractivity contribution in [2.75, 3.05) is 25.1 Å². The number of hydrazone groups is 1. The van der Waals surface area contributed by atoms with Crippen LogP contribution >= 0.6 is 0 Å². The fraction of sp³-hybridized carbons (Fsp3) is 0.588. The first-order valence-corrected chi connectivity index (χ1v) is 8.22. The lowest BCUT2D eigenvalue weighted by Gasteiger charge is -2.29. The third kappa shape index (κ3) is 5.58. The van der Waals surface area contributed by atoms with Crippen LogP contribution in [0.25, 0.3) is 0 Å². The summed E-state index contributed by atoms with van der Waals surface area (Å²) in [5.74, 6) is 0. The van der Waals surface area contributed by atoms with Crippen LogP contribution in [0.2, 0.25) is 0 Å². The van der Waals surface area contributed by atoms with Crippen LogP contribution in [0.4, 0.5) is 5.69 Å². The van der Waals surface area contributed by atoms with Crippen molar-refractivity contribution in [3.8, 4) is 0 Å². The molecule has 1 fully saturated rings. The number of benzene rings is 1. The zero-order valence-corrected chi connectivity index (χ0v) is 13.6. The molecule has 0 saturated carbocycles. The lowest BCUT2D eigenvalue weighted by Crippen LogP contribution is -2.46. The van der Waals surface area contributed by atoms with Crippen LogP contribution in [0.1, 0.15) is 26.2 Å². The number of nitrogens with zero attached hydrogens (tertiary/aromatic N) is 2. The molecule has 6 heteroatoms. The molecule has 1 saturated heterocycles. The summed E-state index contributed by atoms with van der Waals surface area (Å²) in [6, 6.07) is 9.45. The first-order valence-electron chi connectivity index (χ1n) is 8.22. The molecule has 1 aliphatic heterocycles. The highest BCUT2D eigenvalue weighted by atomic mass is 16.4. The Morgan fingerprint density at radius 1 is 1.13 bits per heavy atom. The molecule has 1 aromatic carbocycles. The van der Waals surface area contributed by atoms with Crippen LogP contribution < -0.4 is 5.43 Å². The van der Waals surface area contributed by atoms with Crippen molar-refractivity contribution in [3.63, 3.8) is 0 Å². The number of rotatable bonds is 7. The van der Waals surface area contributed by atoms with Crippen LogP contribution in [-0.2, 0) is 0 Å². The van der Waals surface area contributed by atoms with Crippen molar-refractivity contribution in [1.29, 1.82) is 0 Å². The molecule has 1 aromatic rings. The Morgan fingerprint density at radius 3 is 2.39 bits per heavy atom. The smallest absolute Gasteiger partial charge is 0.123 e. The molecule has 1 heterocycles. The first kappa shape index (κ1) is 17.9. The molecular weight excluding hydrogens is 294 g/mol. The van der Waals surface area contributed by atoms with Gasteiger partial charge in [-0.2, -0.15) is 5.10 Å². The number of aliphatic hydroxyl groups excluding tert-OH is 3. The highest BCUT2D eigenvalue weighted by Gasteiger charge is 2.28. The molecule has 0 aliphatic carbocycles. The molecule has 4 N–H and O–H groups in total. The van der Waals surface area contributed by atoms with Gasteiger partial charge < -0.3 is 15.3 Å². The summed E-state index contributed by atoms with van der Waals surface area (Å²) in [4.78, 5) is 2.22. The van der Waals surface area contributed by atoms with Crippen molar-refractivity contribution in [3.05, 3.63) is 30.3 Å². The van der Waals surface area contributed by atoms with Crippen LogP contribution in [0.15, 0.2) is 35.4 Å². The van der Waals surface area contributed by atoms with Crippen molar-refractivity contribution in [1.82, 2.24) is 4.90 Å². The molecule has 128 valence electrons. The molecule has 3 unspecified atom stereocenters. The van der Waals surface area contributed by atoms with Crippen LogP contribution in [0.5, 0.6) is 0 Å². The lowest BCUT2D eigenvalue weighted by molar-refractivity contribution is -0.0267.